The maximum absolute atomic E-state index is 11.8. The van der Waals surface area contributed by atoms with E-state index in [2.05, 4.69) is 21.3 Å². The molecule has 0 bridgehead atoms. The van der Waals surface area contributed by atoms with E-state index >= 15 is 0 Å². The summed E-state index contributed by atoms with van der Waals surface area (Å²) in [7, 11) is 0.926. The summed E-state index contributed by atoms with van der Waals surface area (Å²) in [5.41, 5.74) is 1.66. The zero-order valence-electron chi connectivity index (χ0n) is 18.3. The van der Waals surface area contributed by atoms with Crippen LogP contribution in [0.4, 0.5) is 13.2 Å². The number of hydrogen-bond donors (Lipinski definition) is 0. The van der Waals surface area contributed by atoms with Crippen LogP contribution in [0, 0.1) is 0 Å². The average Bonchev–Trinajstić information content (AvgIpc) is 3.15. The predicted molar refractivity (Wildman–Crippen MR) is 110 cm³/mol. The van der Waals surface area contributed by atoms with Crippen LogP contribution in [0.25, 0.3) is 22.7 Å². The molecule has 3 heterocycles. The molecule has 0 atom stereocenters. The number of allylic oxidation sites excluding steroid dienone is 1. The minimum Gasteiger partial charge on any atom is -0.493 e. The first kappa shape index (κ1) is 24.8. The fourth-order valence-corrected chi connectivity index (χ4v) is 2.37. The zero-order chi connectivity index (χ0) is 23.9. The van der Waals surface area contributed by atoms with E-state index in [0.29, 0.717) is 24.6 Å². The number of ether oxygens (including phenoxy) is 2. The number of nitrogens with zero attached hydrogens (tertiary/aromatic N) is 3. The van der Waals surface area contributed by atoms with Gasteiger partial charge in [0.2, 0.25) is 11.6 Å². The minimum absolute atomic E-state index is 0.205. The number of rotatable bonds is 5. The molecule has 3 aromatic rings. The summed E-state index contributed by atoms with van der Waals surface area (Å²) < 4.78 is 50.3. The smallest absolute Gasteiger partial charge is 0.448 e. The highest BCUT2D eigenvalue weighted by molar-refractivity contribution is 5.72. The summed E-state index contributed by atoms with van der Waals surface area (Å²) in [5.74, 6) is -0.843. The normalized spacial score (nSPS) is 11.5. The number of carbonyl (C=O) groups is 1. The summed E-state index contributed by atoms with van der Waals surface area (Å²) in [6.07, 6.45) is 1.37. The first-order valence-corrected chi connectivity index (χ1v) is 9.62. The van der Waals surface area contributed by atoms with Crippen LogP contribution in [0.1, 0.15) is 27.2 Å². The lowest BCUT2D eigenvalue weighted by Gasteiger charge is -2.18. The Balaban J connectivity index is 0.000000390. The number of aromatic nitrogens is 3. The monoisotopic (exact) mass is 452 g/mol. The third-order valence-electron chi connectivity index (χ3n) is 3.86. The van der Waals surface area contributed by atoms with Gasteiger partial charge in [0.05, 0.1) is 7.11 Å². The van der Waals surface area contributed by atoms with Gasteiger partial charge in [0, 0.05) is 23.9 Å². The van der Waals surface area contributed by atoms with Gasteiger partial charge in [0.1, 0.15) is 17.5 Å². The highest BCUT2D eigenvalue weighted by Gasteiger charge is 2.33. The number of esters is 1. The van der Waals surface area contributed by atoms with Gasteiger partial charge in [-0.05, 0) is 32.9 Å². The fourth-order valence-electron chi connectivity index (χ4n) is 2.37. The van der Waals surface area contributed by atoms with E-state index in [4.69, 9.17) is 9.15 Å². The van der Waals surface area contributed by atoms with E-state index in [9.17, 15) is 18.0 Å². The predicted octanol–water partition coefficient (Wildman–Crippen LogP) is 4.62. The molecule has 0 N–H and O–H groups in total. The number of pyridine rings is 2. The molecule has 3 rings (SSSR count). The molecule has 10 heteroatoms. The second kappa shape index (κ2) is 10.3. The summed E-state index contributed by atoms with van der Waals surface area (Å²) in [4.78, 5) is 20.3. The highest BCUT2D eigenvalue weighted by atomic mass is 19.4. The van der Waals surface area contributed by atoms with Crippen LogP contribution in [0.15, 0.2) is 59.6 Å². The Morgan fingerprint density at radius 2 is 1.84 bits per heavy atom. The van der Waals surface area contributed by atoms with Gasteiger partial charge in [-0.25, -0.2) is 14.5 Å². The maximum atomic E-state index is 11.8. The van der Waals surface area contributed by atoms with E-state index < -0.39 is 17.5 Å². The van der Waals surface area contributed by atoms with Crippen molar-refractivity contribution in [2.45, 2.75) is 45.5 Å². The number of carbonyl (C=O) groups excluding carboxylic acids is 1. The molecular weight excluding hydrogens is 427 g/mol. The highest BCUT2D eigenvalue weighted by Crippen LogP contribution is 2.23. The number of oxazole rings is 1. The molecule has 0 radical (unpaired) electrons. The van der Waals surface area contributed by atoms with Crippen molar-refractivity contribution in [1.29, 1.82) is 0 Å². The van der Waals surface area contributed by atoms with Crippen molar-refractivity contribution in [3.05, 3.63) is 55.2 Å². The molecule has 0 aliphatic carbocycles. The zero-order valence-corrected chi connectivity index (χ0v) is 18.3. The number of methoxy groups -OCH3 is 1. The molecule has 3 aromatic heterocycles. The number of hydrogen-bond acceptors (Lipinski definition) is 6. The number of alkyl halides is 3. The molecule has 0 aliphatic heterocycles. The standard InChI is InChI=1S/C18H20N3O3.C4H5F3O/c1-18(2,3)24-15(22)8-12-21-10-6-13(7-11-21)16-20-14-5-4-9-19-17(14)23-16;1-3(8-2)4(5,6)7/h4-7,9-11H,8,12H2,1-3H3;1H2,2H3/q+1;. The van der Waals surface area contributed by atoms with Gasteiger partial charge in [-0.15, -0.1) is 0 Å². The van der Waals surface area contributed by atoms with Gasteiger partial charge in [-0.3, -0.25) is 4.79 Å². The molecule has 0 aromatic carbocycles. The Morgan fingerprint density at radius 3 is 2.34 bits per heavy atom. The van der Waals surface area contributed by atoms with Crippen LogP contribution >= 0.6 is 0 Å². The van der Waals surface area contributed by atoms with Crippen molar-refractivity contribution >= 4 is 17.2 Å². The molecule has 32 heavy (non-hydrogen) atoms. The molecule has 0 amide bonds. The Labute approximate surface area is 183 Å². The third kappa shape index (κ3) is 7.68. The van der Waals surface area contributed by atoms with Crippen LogP contribution < -0.4 is 4.57 Å². The van der Waals surface area contributed by atoms with Crippen molar-refractivity contribution in [3.8, 4) is 11.5 Å². The van der Waals surface area contributed by atoms with Gasteiger partial charge < -0.3 is 13.9 Å². The second-order valence-corrected chi connectivity index (χ2v) is 7.63. The van der Waals surface area contributed by atoms with Gasteiger partial charge in [0.25, 0.3) is 0 Å². The van der Waals surface area contributed by atoms with E-state index in [1.807, 2.05) is 62.0 Å². The summed E-state index contributed by atoms with van der Waals surface area (Å²) in [6, 6.07) is 7.49. The topological polar surface area (TPSA) is 78.3 Å². The summed E-state index contributed by atoms with van der Waals surface area (Å²) >= 11 is 0. The van der Waals surface area contributed by atoms with E-state index in [-0.39, 0.29) is 5.97 Å². The van der Waals surface area contributed by atoms with E-state index in [1.165, 1.54) is 0 Å². The largest absolute Gasteiger partial charge is 0.493 e. The van der Waals surface area contributed by atoms with Crippen LogP contribution in [0.2, 0.25) is 0 Å². The van der Waals surface area contributed by atoms with Gasteiger partial charge in [-0.1, -0.05) is 6.58 Å². The fraction of sp³-hybridized carbons (Fsp3) is 0.364. The molecule has 0 saturated carbocycles. The Hall–Kier alpha value is -3.43. The van der Waals surface area contributed by atoms with Crippen molar-refractivity contribution in [2.24, 2.45) is 0 Å². The molecule has 0 aliphatic rings. The Morgan fingerprint density at radius 1 is 1.19 bits per heavy atom. The van der Waals surface area contributed by atoms with Crippen LogP contribution in [0.5, 0.6) is 0 Å². The van der Waals surface area contributed by atoms with Crippen molar-refractivity contribution in [3.63, 3.8) is 0 Å². The number of halogens is 3. The van der Waals surface area contributed by atoms with Crippen LogP contribution in [0.3, 0.4) is 0 Å². The third-order valence-corrected chi connectivity index (χ3v) is 3.86. The molecule has 0 unspecified atom stereocenters. The second-order valence-electron chi connectivity index (χ2n) is 7.63. The summed E-state index contributed by atoms with van der Waals surface area (Å²) in [5, 5.41) is 0. The molecule has 0 saturated heterocycles. The first-order valence-electron chi connectivity index (χ1n) is 9.62. The maximum Gasteiger partial charge on any atom is 0.448 e. The Bertz CT molecular complexity index is 1020. The number of fused-ring (bicyclic) bond motifs is 1. The number of aryl methyl sites for hydroxylation is 1. The lowest BCUT2D eigenvalue weighted by molar-refractivity contribution is -0.695. The van der Waals surface area contributed by atoms with E-state index in [0.717, 1.165) is 18.2 Å². The summed E-state index contributed by atoms with van der Waals surface area (Å²) in [6.45, 7) is 8.75. The minimum atomic E-state index is -4.41. The molecule has 0 spiro atoms. The Kier molecular flexibility index (Phi) is 7.96. The molecule has 0 fully saturated rings. The van der Waals surface area contributed by atoms with Crippen LogP contribution in [-0.4, -0.2) is 34.8 Å². The van der Waals surface area contributed by atoms with Gasteiger partial charge >= 0.3 is 12.1 Å². The quantitative estimate of drug-likeness (QED) is 0.319. The van der Waals surface area contributed by atoms with Crippen molar-refractivity contribution < 1.29 is 36.4 Å². The average molecular weight is 452 g/mol. The SMILES string of the molecule is C=C(OC)C(F)(F)F.CC(C)(C)OC(=O)CC[n+]1ccc(-c2nc3cccnc3o2)cc1. The first-order chi connectivity index (χ1) is 14.9. The van der Waals surface area contributed by atoms with Crippen LogP contribution in [-0.2, 0) is 20.8 Å². The lowest BCUT2D eigenvalue weighted by atomic mass is 10.2. The molecule has 172 valence electrons. The molecule has 7 nitrogen and oxygen atoms in total. The van der Waals surface area contributed by atoms with E-state index in [1.54, 1.807) is 6.20 Å². The van der Waals surface area contributed by atoms with Gasteiger partial charge in [-0.2, -0.15) is 13.2 Å². The molecular formula is C22H25F3N3O4+. The lowest BCUT2D eigenvalue weighted by Crippen LogP contribution is -2.35. The van der Waals surface area contributed by atoms with Gasteiger partial charge in [0.15, 0.2) is 24.7 Å². The van der Waals surface area contributed by atoms with Crippen molar-refractivity contribution in [1.82, 2.24) is 9.97 Å². The van der Waals surface area contributed by atoms with Crippen molar-refractivity contribution in [2.75, 3.05) is 7.11 Å².